The van der Waals surface area contributed by atoms with Crippen LogP contribution >= 0.6 is 0 Å². The highest BCUT2D eigenvalue weighted by Gasteiger charge is 2.36. The van der Waals surface area contributed by atoms with Crippen LogP contribution in [0.4, 0.5) is 0 Å². The zero-order valence-corrected chi connectivity index (χ0v) is 40.5. The van der Waals surface area contributed by atoms with Gasteiger partial charge in [-0.3, -0.25) is 4.79 Å². The van der Waals surface area contributed by atoms with Gasteiger partial charge in [0.2, 0.25) is 0 Å². The molecule has 0 aromatic rings. The van der Waals surface area contributed by atoms with Gasteiger partial charge in [-0.1, -0.05) is 265 Å². The molecule has 0 radical (unpaired) electrons. The molecule has 0 saturated heterocycles. The number of hydrogen-bond donors (Lipinski definition) is 0. The average Bonchev–Trinajstić information content (AvgIpc) is 3.15. The van der Waals surface area contributed by atoms with Crippen LogP contribution in [0, 0.1) is 5.41 Å². The summed E-state index contributed by atoms with van der Waals surface area (Å²) >= 11 is 0. The summed E-state index contributed by atoms with van der Waals surface area (Å²) in [6.45, 7) is 8.65. The number of rotatable bonds is 46. The summed E-state index contributed by atoms with van der Waals surface area (Å²) in [6.07, 6.45) is 56.8. The maximum atomic E-state index is 13.1. The second-order valence-corrected chi connectivity index (χ2v) is 19.6. The normalized spacial score (nSPS) is 12.0. The number of halogens is 1. The van der Waals surface area contributed by atoms with Gasteiger partial charge in [0.15, 0.2) is 0 Å². The predicted molar refractivity (Wildman–Crippen MR) is 247 cm³/mol. The topological polar surface area (TPSA) is 26.3 Å². The third-order valence-electron chi connectivity index (χ3n) is 12.5. The summed E-state index contributed by atoms with van der Waals surface area (Å²) in [7, 11) is 7.03. The van der Waals surface area contributed by atoms with Gasteiger partial charge in [-0.15, -0.1) is 0 Å². The molecular formula is C52H106ClNO2. The number of carbonyl (C=O) groups is 1. The molecule has 56 heavy (non-hydrogen) atoms. The van der Waals surface area contributed by atoms with Gasteiger partial charge < -0.3 is 21.6 Å². The van der Waals surface area contributed by atoms with E-state index in [1.54, 1.807) is 0 Å². The van der Waals surface area contributed by atoms with Crippen molar-refractivity contribution in [3.05, 3.63) is 0 Å². The van der Waals surface area contributed by atoms with E-state index in [0.717, 1.165) is 17.4 Å². The summed E-state index contributed by atoms with van der Waals surface area (Å²) in [5.41, 5.74) is 0.111. The van der Waals surface area contributed by atoms with E-state index >= 15 is 0 Å². The van der Waals surface area contributed by atoms with Crippen LogP contribution in [0.5, 0.6) is 0 Å². The summed E-state index contributed by atoms with van der Waals surface area (Å²) in [4.78, 5) is 13.1. The van der Waals surface area contributed by atoms with Crippen LogP contribution in [-0.4, -0.2) is 44.7 Å². The van der Waals surface area contributed by atoms with Crippen molar-refractivity contribution in [2.45, 2.75) is 290 Å². The SMILES string of the molecule is CCCCCCCCCCCCCCCCCC(=O)OCC(CCCCCCCCCCCCCC)(CCCCCCCCCCCCCC)C[N+](C)(C)C.[Cl-]. The Bertz CT molecular complexity index is 736. The standard InChI is InChI=1S/C52H106NO2.ClH/c1-7-10-13-16-19-22-25-28-29-30-31-34-37-40-43-46-51(54)55-50-52(49-53(4,5)6,47-44-41-38-35-32-26-23-20-17-14-11-8-2)48-45-42-39-36-33-27-24-21-18-15-12-9-3;/h7-50H2,1-6H3;1H/q+1;/p-1. The third kappa shape index (κ3) is 43.3. The Hall–Kier alpha value is -0.280. The molecule has 0 aliphatic heterocycles. The van der Waals surface area contributed by atoms with Crippen LogP contribution < -0.4 is 12.4 Å². The van der Waals surface area contributed by atoms with Crippen molar-refractivity contribution in [3.8, 4) is 0 Å². The third-order valence-corrected chi connectivity index (χ3v) is 12.5. The Balaban J connectivity index is 0. The van der Waals surface area contributed by atoms with Gasteiger partial charge in [0.1, 0.15) is 6.61 Å². The molecule has 4 heteroatoms. The van der Waals surface area contributed by atoms with E-state index in [4.69, 9.17) is 4.74 Å². The number of hydrogen-bond acceptors (Lipinski definition) is 2. The first kappa shape index (κ1) is 57.8. The summed E-state index contributed by atoms with van der Waals surface area (Å²) in [5, 5.41) is 0. The van der Waals surface area contributed by atoms with Crippen molar-refractivity contribution in [1.29, 1.82) is 0 Å². The largest absolute Gasteiger partial charge is 1.00 e. The number of nitrogens with zero attached hydrogens (tertiary/aromatic N) is 1. The molecule has 3 nitrogen and oxygen atoms in total. The summed E-state index contributed by atoms with van der Waals surface area (Å²) < 4.78 is 7.19. The van der Waals surface area contributed by atoms with E-state index in [2.05, 4.69) is 41.9 Å². The second kappa shape index (κ2) is 44.3. The van der Waals surface area contributed by atoms with Crippen molar-refractivity contribution in [2.24, 2.45) is 5.41 Å². The van der Waals surface area contributed by atoms with Gasteiger partial charge >= 0.3 is 5.97 Å². The molecule has 0 atom stereocenters. The van der Waals surface area contributed by atoms with E-state index < -0.39 is 0 Å². The van der Waals surface area contributed by atoms with Gasteiger partial charge in [-0.05, 0) is 19.3 Å². The highest BCUT2D eigenvalue weighted by molar-refractivity contribution is 5.69. The minimum atomic E-state index is 0. The van der Waals surface area contributed by atoms with Crippen LogP contribution in [0.2, 0.25) is 0 Å². The minimum Gasteiger partial charge on any atom is -1.00 e. The van der Waals surface area contributed by atoms with E-state index in [0.29, 0.717) is 13.0 Å². The zero-order valence-electron chi connectivity index (χ0n) is 39.8. The van der Waals surface area contributed by atoms with Crippen molar-refractivity contribution >= 4 is 5.97 Å². The molecule has 0 aliphatic rings. The first-order valence-corrected chi connectivity index (χ1v) is 25.7. The highest BCUT2D eigenvalue weighted by Crippen LogP contribution is 2.35. The Morgan fingerprint density at radius 3 is 0.857 bits per heavy atom. The fourth-order valence-corrected chi connectivity index (χ4v) is 9.11. The lowest BCUT2D eigenvalue weighted by molar-refractivity contribution is -0.877. The monoisotopic (exact) mass is 812 g/mol. The molecule has 0 fully saturated rings. The van der Waals surface area contributed by atoms with E-state index in [1.807, 2.05) is 0 Å². The van der Waals surface area contributed by atoms with Gasteiger partial charge in [0.05, 0.1) is 33.1 Å². The van der Waals surface area contributed by atoms with E-state index in [1.165, 1.54) is 257 Å². The van der Waals surface area contributed by atoms with Gasteiger partial charge in [0, 0.05) is 6.42 Å². The fourth-order valence-electron chi connectivity index (χ4n) is 9.11. The maximum absolute atomic E-state index is 13.1. The molecule has 338 valence electrons. The number of unbranched alkanes of at least 4 members (excludes halogenated alkanes) is 36. The zero-order chi connectivity index (χ0) is 40.4. The lowest BCUT2D eigenvalue weighted by atomic mass is 9.77. The van der Waals surface area contributed by atoms with Crippen molar-refractivity contribution in [1.82, 2.24) is 0 Å². The molecule has 0 N–H and O–H groups in total. The second-order valence-electron chi connectivity index (χ2n) is 19.6. The molecule has 0 aromatic carbocycles. The van der Waals surface area contributed by atoms with Crippen molar-refractivity contribution in [2.75, 3.05) is 34.3 Å². The molecule has 0 bridgehead atoms. The molecule has 0 spiro atoms. The molecule has 0 unspecified atom stereocenters. The van der Waals surface area contributed by atoms with Crippen LogP contribution in [0.25, 0.3) is 0 Å². The van der Waals surface area contributed by atoms with E-state index in [-0.39, 0.29) is 23.8 Å². The number of esters is 1. The van der Waals surface area contributed by atoms with Crippen molar-refractivity contribution < 1.29 is 26.4 Å². The first-order valence-electron chi connectivity index (χ1n) is 25.7. The molecule has 0 aliphatic carbocycles. The molecular weight excluding hydrogens is 706 g/mol. The smallest absolute Gasteiger partial charge is 0.305 e. The van der Waals surface area contributed by atoms with Gasteiger partial charge in [-0.2, -0.15) is 0 Å². The lowest BCUT2D eigenvalue weighted by Crippen LogP contribution is -3.00. The average molecular weight is 813 g/mol. The molecule has 0 saturated carbocycles. The van der Waals surface area contributed by atoms with Gasteiger partial charge in [0.25, 0.3) is 0 Å². The number of quaternary nitrogens is 1. The summed E-state index contributed by atoms with van der Waals surface area (Å²) in [5.74, 6) is 0.0601. The Morgan fingerprint density at radius 2 is 0.607 bits per heavy atom. The minimum absolute atomic E-state index is 0. The Labute approximate surface area is 361 Å². The Morgan fingerprint density at radius 1 is 0.375 bits per heavy atom. The fraction of sp³-hybridized carbons (Fsp3) is 0.981. The molecule has 0 rings (SSSR count). The van der Waals surface area contributed by atoms with E-state index in [9.17, 15) is 4.79 Å². The quantitative estimate of drug-likeness (QED) is 0.0348. The Kier molecular flexibility index (Phi) is 45.7. The molecule has 0 amide bonds. The predicted octanol–water partition coefficient (Wildman–Crippen LogP) is 14.7. The number of ether oxygens (including phenoxy) is 1. The lowest BCUT2D eigenvalue weighted by Gasteiger charge is -2.39. The number of carbonyl (C=O) groups excluding carboxylic acids is 1. The van der Waals surface area contributed by atoms with Crippen molar-refractivity contribution in [3.63, 3.8) is 0 Å². The molecule has 0 aromatic heterocycles. The highest BCUT2D eigenvalue weighted by atomic mass is 35.5. The first-order chi connectivity index (χ1) is 26.8. The summed E-state index contributed by atoms with van der Waals surface area (Å²) in [6, 6.07) is 0. The van der Waals surface area contributed by atoms with Gasteiger partial charge in [-0.25, -0.2) is 0 Å². The maximum Gasteiger partial charge on any atom is 0.305 e. The van der Waals surface area contributed by atoms with Crippen LogP contribution in [0.15, 0.2) is 0 Å². The van der Waals surface area contributed by atoms with Crippen LogP contribution in [0.1, 0.15) is 290 Å². The van der Waals surface area contributed by atoms with Crippen LogP contribution in [-0.2, 0) is 9.53 Å². The van der Waals surface area contributed by atoms with Crippen LogP contribution in [0.3, 0.4) is 0 Å². The molecule has 0 heterocycles.